The van der Waals surface area contributed by atoms with Crippen LogP contribution in [-0.2, 0) is 4.79 Å². The number of ether oxygens (including phenoxy) is 1. The van der Waals surface area contributed by atoms with Gasteiger partial charge in [0.1, 0.15) is 5.75 Å². The number of hydrogen-bond donors (Lipinski definition) is 1. The molecule has 0 atom stereocenters. The number of rotatable bonds is 6. The standard InChI is InChI=1S/C16H18ClF2NO4/c17-12-9-11(2-3-13(12)24-16(18)19)15(23)20-7-5-10(6-8-20)1-4-14(21)22/h2-3,9-10,16H,1,4-8H2,(H,21,22). The molecule has 1 fully saturated rings. The number of alkyl halides is 2. The van der Waals surface area contributed by atoms with Gasteiger partial charge in [0.2, 0.25) is 0 Å². The molecule has 1 aliphatic rings. The van der Waals surface area contributed by atoms with Crippen molar-refractivity contribution in [2.24, 2.45) is 5.92 Å². The highest BCUT2D eigenvalue weighted by Crippen LogP contribution is 2.28. The number of aliphatic carboxylic acids is 1. The van der Waals surface area contributed by atoms with E-state index < -0.39 is 12.6 Å². The maximum Gasteiger partial charge on any atom is 0.387 e. The van der Waals surface area contributed by atoms with Gasteiger partial charge in [-0.3, -0.25) is 9.59 Å². The highest BCUT2D eigenvalue weighted by Gasteiger charge is 2.24. The van der Waals surface area contributed by atoms with Crippen molar-refractivity contribution < 1.29 is 28.2 Å². The third-order valence-electron chi connectivity index (χ3n) is 4.06. The molecule has 24 heavy (non-hydrogen) atoms. The van der Waals surface area contributed by atoms with E-state index in [1.165, 1.54) is 18.2 Å². The Morgan fingerprint density at radius 1 is 1.33 bits per heavy atom. The molecule has 0 unspecified atom stereocenters. The number of piperidine rings is 1. The van der Waals surface area contributed by atoms with E-state index in [2.05, 4.69) is 4.74 Å². The Labute approximate surface area is 143 Å². The zero-order valence-electron chi connectivity index (χ0n) is 12.9. The number of hydrogen-bond acceptors (Lipinski definition) is 3. The van der Waals surface area contributed by atoms with Crippen LogP contribution in [0.3, 0.4) is 0 Å². The molecule has 132 valence electrons. The third kappa shape index (κ3) is 5.06. The minimum Gasteiger partial charge on any atom is -0.481 e. The van der Waals surface area contributed by atoms with Crippen LogP contribution < -0.4 is 4.74 Å². The van der Waals surface area contributed by atoms with Crippen LogP contribution in [0.2, 0.25) is 5.02 Å². The normalized spacial score (nSPS) is 15.6. The Balaban J connectivity index is 1.93. The lowest BCUT2D eigenvalue weighted by Crippen LogP contribution is -2.38. The van der Waals surface area contributed by atoms with Crippen molar-refractivity contribution in [3.05, 3.63) is 28.8 Å². The van der Waals surface area contributed by atoms with E-state index in [0.717, 1.165) is 12.8 Å². The summed E-state index contributed by atoms with van der Waals surface area (Å²) in [6.07, 6.45) is 2.25. The maximum absolute atomic E-state index is 12.4. The molecule has 0 bridgehead atoms. The van der Waals surface area contributed by atoms with Crippen molar-refractivity contribution in [1.29, 1.82) is 0 Å². The number of carboxylic acids is 1. The third-order valence-corrected chi connectivity index (χ3v) is 4.36. The summed E-state index contributed by atoms with van der Waals surface area (Å²) < 4.78 is 28.7. The SMILES string of the molecule is O=C(O)CCC1CCN(C(=O)c2ccc(OC(F)F)c(Cl)c2)CC1. The largest absolute Gasteiger partial charge is 0.481 e. The van der Waals surface area contributed by atoms with Crippen molar-refractivity contribution in [2.75, 3.05) is 13.1 Å². The van der Waals surface area contributed by atoms with Gasteiger partial charge in [-0.25, -0.2) is 0 Å². The number of amides is 1. The average molecular weight is 362 g/mol. The van der Waals surface area contributed by atoms with E-state index in [9.17, 15) is 18.4 Å². The molecule has 8 heteroatoms. The van der Waals surface area contributed by atoms with E-state index in [1.807, 2.05) is 0 Å². The van der Waals surface area contributed by atoms with Crippen molar-refractivity contribution >= 4 is 23.5 Å². The molecule has 1 aliphatic heterocycles. The van der Waals surface area contributed by atoms with Gasteiger partial charge in [-0.1, -0.05) is 11.6 Å². The van der Waals surface area contributed by atoms with Crippen LogP contribution in [0.4, 0.5) is 8.78 Å². The number of carbonyl (C=O) groups is 2. The van der Waals surface area contributed by atoms with Crippen molar-refractivity contribution in [3.8, 4) is 5.75 Å². The molecule has 0 aliphatic carbocycles. The maximum atomic E-state index is 12.4. The summed E-state index contributed by atoms with van der Waals surface area (Å²) >= 11 is 5.87. The lowest BCUT2D eigenvalue weighted by molar-refractivity contribution is -0.137. The predicted octanol–water partition coefficient (Wildman–Crippen LogP) is 3.66. The minimum atomic E-state index is -2.98. The monoisotopic (exact) mass is 361 g/mol. The van der Waals surface area contributed by atoms with Gasteiger partial charge in [-0.05, 0) is 43.4 Å². The number of likely N-dealkylation sites (tertiary alicyclic amines) is 1. The summed E-state index contributed by atoms with van der Waals surface area (Å²) in [7, 11) is 0. The predicted molar refractivity (Wildman–Crippen MR) is 83.6 cm³/mol. The molecule has 0 aromatic heterocycles. The number of carbonyl (C=O) groups excluding carboxylic acids is 1. The molecule has 2 rings (SSSR count). The van der Waals surface area contributed by atoms with Gasteiger partial charge in [0, 0.05) is 25.1 Å². The molecular weight excluding hydrogens is 344 g/mol. The average Bonchev–Trinajstić information content (AvgIpc) is 2.54. The molecule has 5 nitrogen and oxygen atoms in total. The first-order chi connectivity index (χ1) is 11.4. The van der Waals surface area contributed by atoms with Crippen molar-refractivity contribution in [2.45, 2.75) is 32.3 Å². The van der Waals surface area contributed by atoms with Gasteiger partial charge in [-0.2, -0.15) is 8.78 Å². The van der Waals surface area contributed by atoms with Crippen LogP contribution in [0, 0.1) is 5.92 Å². The Morgan fingerprint density at radius 2 is 2.00 bits per heavy atom. The number of carboxylic acid groups (broad SMARTS) is 1. The van der Waals surface area contributed by atoms with Crippen molar-refractivity contribution in [1.82, 2.24) is 4.90 Å². The first kappa shape index (κ1) is 18.4. The summed E-state index contributed by atoms with van der Waals surface area (Å²) in [6.45, 7) is -1.90. The second-order valence-electron chi connectivity index (χ2n) is 5.69. The highest BCUT2D eigenvalue weighted by molar-refractivity contribution is 6.32. The van der Waals surface area contributed by atoms with Crippen LogP contribution in [-0.4, -0.2) is 41.6 Å². The van der Waals surface area contributed by atoms with Gasteiger partial charge in [0.25, 0.3) is 5.91 Å². The van der Waals surface area contributed by atoms with E-state index in [0.29, 0.717) is 31.0 Å². The molecule has 0 saturated carbocycles. The zero-order valence-corrected chi connectivity index (χ0v) is 13.6. The number of halogens is 3. The van der Waals surface area contributed by atoms with Crippen LogP contribution in [0.25, 0.3) is 0 Å². The Morgan fingerprint density at radius 3 is 2.54 bits per heavy atom. The van der Waals surface area contributed by atoms with Gasteiger partial charge in [-0.15, -0.1) is 0 Å². The molecular formula is C16H18ClF2NO4. The topological polar surface area (TPSA) is 66.8 Å². The first-order valence-electron chi connectivity index (χ1n) is 7.62. The van der Waals surface area contributed by atoms with Crippen molar-refractivity contribution in [3.63, 3.8) is 0 Å². The molecule has 1 aromatic carbocycles. The molecule has 1 amide bonds. The molecule has 1 N–H and O–H groups in total. The zero-order chi connectivity index (χ0) is 17.7. The highest BCUT2D eigenvalue weighted by atomic mass is 35.5. The second kappa shape index (κ2) is 8.28. The van der Waals surface area contributed by atoms with Gasteiger partial charge in [0.15, 0.2) is 0 Å². The van der Waals surface area contributed by atoms with Crippen LogP contribution in [0.1, 0.15) is 36.0 Å². The van der Waals surface area contributed by atoms with E-state index >= 15 is 0 Å². The lowest BCUT2D eigenvalue weighted by atomic mass is 9.92. The smallest absolute Gasteiger partial charge is 0.387 e. The fraction of sp³-hybridized carbons (Fsp3) is 0.500. The minimum absolute atomic E-state index is 0.0440. The van der Waals surface area contributed by atoms with Crippen LogP contribution in [0.5, 0.6) is 5.75 Å². The van der Waals surface area contributed by atoms with Gasteiger partial charge >= 0.3 is 12.6 Å². The van der Waals surface area contributed by atoms with Gasteiger partial charge < -0.3 is 14.7 Å². The fourth-order valence-electron chi connectivity index (χ4n) is 2.76. The fourth-order valence-corrected chi connectivity index (χ4v) is 2.99. The van der Waals surface area contributed by atoms with E-state index in [1.54, 1.807) is 4.90 Å². The summed E-state index contributed by atoms with van der Waals surface area (Å²) in [6, 6.07) is 3.97. The van der Waals surface area contributed by atoms with Crippen LogP contribution >= 0.6 is 11.6 Å². The quantitative estimate of drug-likeness (QED) is 0.839. The summed E-state index contributed by atoms with van der Waals surface area (Å²) in [5, 5.41) is 8.66. The Kier molecular flexibility index (Phi) is 6.36. The number of benzene rings is 1. The Hall–Kier alpha value is -1.89. The summed E-state index contributed by atoms with van der Waals surface area (Å²) in [5.74, 6) is -0.905. The van der Waals surface area contributed by atoms with E-state index in [4.69, 9.17) is 16.7 Å². The summed E-state index contributed by atoms with van der Waals surface area (Å²) in [5.41, 5.74) is 0.311. The molecule has 0 radical (unpaired) electrons. The molecule has 1 saturated heterocycles. The second-order valence-corrected chi connectivity index (χ2v) is 6.10. The molecule has 1 aromatic rings. The van der Waals surface area contributed by atoms with E-state index in [-0.39, 0.29) is 23.1 Å². The summed E-state index contributed by atoms with van der Waals surface area (Å²) in [4.78, 5) is 24.7. The van der Waals surface area contributed by atoms with Crippen LogP contribution in [0.15, 0.2) is 18.2 Å². The Bertz CT molecular complexity index is 604. The number of nitrogens with zero attached hydrogens (tertiary/aromatic N) is 1. The molecule has 0 spiro atoms. The lowest BCUT2D eigenvalue weighted by Gasteiger charge is -2.32. The van der Waals surface area contributed by atoms with Gasteiger partial charge in [0.05, 0.1) is 5.02 Å². The first-order valence-corrected chi connectivity index (χ1v) is 8.00. The molecule has 1 heterocycles.